The second kappa shape index (κ2) is 11.1. The van der Waals surface area contributed by atoms with Crippen molar-refractivity contribution >= 4 is 21.6 Å². The molecule has 0 aliphatic carbocycles. The van der Waals surface area contributed by atoms with E-state index in [1.807, 2.05) is 62.4 Å². The highest BCUT2D eigenvalue weighted by molar-refractivity contribution is 7.92. The molecule has 0 unspecified atom stereocenters. The third-order valence-corrected chi connectivity index (χ3v) is 6.40. The van der Waals surface area contributed by atoms with Crippen molar-refractivity contribution in [3.05, 3.63) is 83.9 Å². The molecule has 0 saturated heterocycles. The lowest BCUT2D eigenvalue weighted by atomic mass is 10.1. The SMILES string of the molecule is Cc1ccc(C)c(OCCNC(=O)[C@H](C)N(c2ccc(Oc3ccccc3)cc2)S(C)(=O)=O)c1. The van der Waals surface area contributed by atoms with Gasteiger partial charge in [-0.3, -0.25) is 9.10 Å². The van der Waals surface area contributed by atoms with E-state index in [0.717, 1.165) is 27.4 Å². The summed E-state index contributed by atoms with van der Waals surface area (Å²) in [6.07, 6.45) is 1.08. The summed E-state index contributed by atoms with van der Waals surface area (Å²) >= 11 is 0. The maximum absolute atomic E-state index is 12.7. The van der Waals surface area contributed by atoms with Crippen LogP contribution in [-0.4, -0.2) is 39.8 Å². The van der Waals surface area contributed by atoms with Crippen LogP contribution in [0, 0.1) is 13.8 Å². The molecular formula is C26H30N2O5S. The van der Waals surface area contributed by atoms with Gasteiger partial charge in [0.05, 0.1) is 18.5 Å². The Labute approximate surface area is 201 Å². The molecule has 0 aromatic heterocycles. The van der Waals surface area contributed by atoms with E-state index in [9.17, 15) is 13.2 Å². The molecule has 0 radical (unpaired) electrons. The zero-order valence-electron chi connectivity index (χ0n) is 19.8. The highest BCUT2D eigenvalue weighted by Gasteiger charge is 2.29. The number of aryl methyl sites for hydroxylation is 2. The van der Waals surface area contributed by atoms with Crippen LogP contribution < -0.4 is 19.1 Å². The fraction of sp³-hybridized carbons (Fsp3) is 0.269. The minimum absolute atomic E-state index is 0.248. The first kappa shape index (κ1) is 25.1. The molecule has 0 aliphatic rings. The van der Waals surface area contributed by atoms with Crippen LogP contribution in [0.2, 0.25) is 0 Å². The summed E-state index contributed by atoms with van der Waals surface area (Å²) in [6, 6.07) is 20.8. The van der Waals surface area contributed by atoms with Crippen molar-refractivity contribution in [2.75, 3.05) is 23.7 Å². The largest absolute Gasteiger partial charge is 0.491 e. The normalized spacial score (nSPS) is 12.0. The predicted molar refractivity (Wildman–Crippen MR) is 134 cm³/mol. The van der Waals surface area contributed by atoms with Crippen molar-refractivity contribution in [1.29, 1.82) is 0 Å². The number of para-hydroxylation sites is 1. The Balaban J connectivity index is 1.62. The summed E-state index contributed by atoms with van der Waals surface area (Å²) in [4.78, 5) is 12.7. The first-order valence-corrected chi connectivity index (χ1v) is 12.8. The van der Waals surface area contributed by atoms with Crippen molar-refractivity contribution in [1.82, 2.24) is 5.32 Å². The van der Waals surface area contributed by atoms with Crippen molar-refractivity contribution in [2.24, 2.45) is 0 Å². The van der Waals surface area contributed by atoms with Gasteiger partial charge in [-0.1, -0.05) is 30.3 Å². The summed E-state index contributed by atoms with van der Waals surface area (Å²) in [5.74, 6) is 1.58. The molecule has 0 spiro atoms. The van der Waals surface area contributed by atoms with Crippen LogP contribution >= 0.6 is 0 Å². The number of anilines is 1. The number of ether oxygens (including phenoxy) is 2. The maximum atomic E-state index is 12.7. The molecule has 3 rings (SSSR count). The Morgan fingerprint density at radius 3 is 2.26 bits per heavy atom. The van der Waals surface area contributed by atoms with Gasteiger partial charge in [0.15, 0.2) is 0 Å². The predicted octanol–water partition coefficient (Wildman–Crippen LogP) is 4.45. The van der Waals surface area contributed by atoms with Gasteiger partial charge in [-0.25, -0.2) is 8.42 Å². The maximum Gasteiger partial charge on any atom is 0.243 e. The van der Waals surface area contributed by atoms with Gasteiger partial charge in [0.25, 0.3) is 0 Å². The van der Waals surface area contributed by atoms with E-state index in [2.05, 4.69) is 5.32 Å². The molecule has 0 heterocycles. The number of amides is 1. The minimum Gasteiger partial charge on any atom is -0.491 e. The fourth-order valence-corrected chi connectivity index (χ4v) is 4.62. The smallest absolute Gasteiger partial charge is 0.243 e. The number of carbonyl (C=O) groups excluding carboxylic acids is 1. The number of benzene rings is 3. The number of sulfonamides is 1. The second-order valence-corrected chi connectivity index (χ2v) is 9.91. The van der Waals surface area contributed by atoms with Crippen LogP contribution in [0.3, 0.4) is 0 Å². The lowest BCUT2D eigenvalue weighted by Crippen LogP contribution is -2.48. The number of rotatable bonds is 10. The van der Waals surface area contributed by atoms with E-state index in [1.54, 1.807) is 31.2 Å². The molecule has 180 valence electrons. The van der Waals surface area contributed by atoms with Crippen molar-refractivity contribution in [3.8, 4) is 17.2 Å². The van der Waals surface area contributed by atoms with Crippen LogP contribution in [0.1, 0.15) is 18.1 Å². The van der Waals surface area contributed by atoms with Crippen molar-refractivity contribution in [2.45, 2.75) is 26.8 Å². The molecule has 8 heteroatoms. The molecule has 1 atom stereocenters. The van der Waals surface area contributed by atoms with E-state index >= 15 is 0 Å². The van der Waals surface area contributed by atoms with Crippen LogP contribution in [0.15, 0.2) is 72.8 Å². The van der Waals surface area contributed by atoms with Crippen LogP contribution in [0.25, 0.3) is 0 Å². The Hall–Kier alpha value is -3.52. The Bertz CT molecular complexity index is 1210. The van der Waals surface area contributed by atoms with Crippen LogP contribution in [0.4, 0.5) is 5.69 Å². The first-order chi connectivity index (χ1) is 16.1. The van der Waals surface area contributed by atoms with Crippen molar-refractivity contribution in [3.63, 3.8) is 0 Å². The molecular weight excluding hydrogens is 452 g/mol. The molecule has 34 heavy (non-hydrogen) atoms. The fourth-order valence-electron chi connectivity index (χ4n) is 3.44. The van der Waals surface area contributed by atoms with Gasteiger partial charge in [0, 0.05) is 0 Å². The Morgan fingerprint density at radius 2 is 1.62 bits per heavy atom. The number of carbonyl (C=O) groups is 1. The van der Waals surface area contributed by atoms with Crippen molar-refractivity contribution < 1.29 is 22.7 Å². The molecule has 3 aromatic carbocycles. The van der Waals surface area contributed by atoms with Crippen LogP contribution in [-0.2, 0) is 14.8 Å². The molecule has 0 fully saturated rings. The lowest BCUT2D eigenvalue weighted by molar-refractivity contribution is -0.121. The molecule has 0 aliphatic heterocycles. The first-order valence-electron chi connectivity index (χ1n) is 11.0. The molecule has 0 bridgehead atoms. The number of nitrogens with one attached hydrogen (secondary N) is 1. The summed E-state index contributed by atoms with van der Waals surface area (Å²) in [5.41, 5.74) is 2.47. The van der Waals surface area contributed by atoms with E-state index in [1.165, 1.54) is 0 Å². The molecule has 1 amide bonds. The molecule has 0 saturated carbocycles. The van der Waals surface area contributed by atoms with Gasteiger partial charge in [0.2, 0.25) is 15.9 Å². The van der Waals surface area contributed by atoms with Crippen LogP contribution in [0.5, 0.6) is 17.2 Å². The molecule has 1 N–H and O–H groups in total. The third-order valence-electron chi connectivity index (χ3n) is 5.16. The zero-order valence-corrected chi connectivity index (χ0v) is 20.6. The Morgan fingerprint density at radius 1 is 0.971 bits per heavy atom. The van der Waals surface area contributed by atoms with E-state index < -0.39 is 22.0 Å². The number of hydrogen-bond donors (Lipinski definition) is 1. The zero-order chi connectivity index (χ0) is 24.7. The van der Waals surface area contributed by atoms with E-state index in [4.69, 9.17) is 9.47 Å². The third kappa shape index (κ3) is 6.74. The van der Waals surface area contributed by atoms with Gasteiger partial charge < -0.3 is 14.8 Å². The monoisotopic (exact) mass is 482 g/mol. The van der Waals surface area contributed by atoms with Gasteiger partial charge in [-0.05, 0) is 74.4 Å². The summed E-state index contributed by atoms with van der Waals surface area (Å²) in [6.45, 7) is 6.01. The topological polar surface area (TPSA) is 84.9 Å². The van der Waals surface area contributed by atoms with Gasteiger partial charge in [-0.2, -0.15) is 0 Å². The lowest BCUT2D eigenvalue weighted by Gasteiger charge is -2.28. The van der Waals surface area contributed by atoms with Gasteiger partial charge >= 0.3 is 0 Å². The standard InChI is InChI=1S/C26H30N2O5S/c1-19-10-11-20(2)25(18-19)32-17-16-27-26(29)21(3)28(34(4,30)31)22-12-14-24(15-13-22)33-23-8-6-5-7-9-23/h5-15,18,21H,16-17H2,1-4H3,(H,27,29)/t21-/m0/s1. The molecule has 3 aromatic rings. The summed E-state index contributed by atoms with van der Waals surface area (Å²) in [5, 5.41) is 2.76. The number of hydrogen-bond acceptors (Lipinski definition) is 5. The number of nitrogens with zero attached hydrogens (tertiary/aromatic N) is 1. The van der Waals surface area contributed by atoms with E-state index in [-0.39, 0.29) is 13.2 Å². The average Bonchev–Trinajstić information content (AvgIpc) is 2.79. The Kier molecular flexibility index (Phi) is 8.17. The highest BCUT2D eigenvalue weighted by atomic mass is 32.2. The quantitative estimate of drug-likeness (QED) is 0.432. The molecule has 7 nitrogen and oxygen atoms in total. The van der Waals surface area contributed by atoms with E-state index in [0.29, 0.717) is 17.2 Å². The summed E-state index contributed by atoms with van der Waals surface area (Å²) < 4.78 is 37.7. The minimum atomic E-state index is -3.72. The van der Waals surface area contributed by atoms with Gasteiger partial charge in [-0.15, -0.1) is 0 Å². The van der Waals surface area contributed by atoms with Gasteiger partial charge in [0.1, 0.15) is 29.9 Å². The summed E-state index contributed by atoms with van der Waals surface area (Å²) in [7, 11) is -3.72. The second-order valence-electron chi connectivity index (χ2n) is 8.05. The highest BCUT2D eigenvalue weighted by Crippen LogP contribution is 2.27. The average molecular weight is 483 g/mol.